The van der Waals surface area contributed by atoms with Crippen molar-refractivity contribution in [3.63, 3.8) is 0 Å². The topological polar surface area (TPSA) is 38.0 Å². The Morgan fingerprint density at radius 3 is 2.64 bits per heavy atom. The van der Waals surface area contributed by atoms with E-state index in [0.29, 0.717) is 0 Å². The normalized spacial score (nSPS) is 39.0. The molecule has 2 nitrogen and oxygen atoms in total. The average molecular weight is 156 g/mol. The molecule has 1 aliphatic carbocycles. The quantitative estimate of drug-likeness (QED) is 0.628. The molecule has 3 N–H and O–H groups in total. The van der Waals surface area contributed by atoms with Gasteiger partial charge < -0.3 is 11.1 Å². The van der Waals surface area contributed by atoms with E-state index in [1.807, 2.05) is 7.05 Å². The van der Waals surface area contributed by atoms with Gasteiger partial charge in [0.1, 0.15) is 0 Å². The Hall–Kier alpha value is -0.0800. The van der Waals surface area contributed by atoms with Crippen LogP contribution >= 0.6 is 0 Å². The minimum Gasteiger partial charge on any atom is -0.329 e. The van der Waals surface area contributed by atoms with Crippen LogP contribution in [0.1, 0.15) is 32.6 Å². The van der Waals surface area contributed by atoms with E-state index in [-0.39, 0.29) is 5.54 Å². The molecule has 1 fully saturated rings. The summed E-state index contributed by atoms with van der Waals surface area (Å²) in [6, 6.07) is 0. The Morgan fingerprint density at radius 1 is 1.55 bits per heavy atom. The van der Waals surface area contributed by atoms with Crippen LogP contribution in [0.3, 0.4) is 0 Å². The van der Waals surface area contributed by atoms with Gasteiger partial charge in [-0.15, -0.1) is 0 Å². The lowest BCUT2D eigenvalue weighted by Gasteiger charge is -2.41. The van der Waals surface area contributed by atoms with Crippen molar-refractivity contribution in [3.05, 3.63) is 0 Å². The molecule has 1 rings (SSSR count). The first kappa shape index (κ1) is 9.01. The van der Waals surface area contributed by atoms with Gasteiger partial charge >= 0.3 is 0 Å². The lowest BCUT2D eigenvalue weighted by atomic mass is 9.74. The lowest BCUT2D eigenvalue weighted by Crippen LogP contribution is -2.55. The molecule has 0 heterocycles. The van der Waals surface area contributed by atoms with Gasteiger partial charge in [0.05, 0.1) is 0 Å². The molecule has 1 aliphatic rings. The molecule has 0 amide bonds. The molecule has 0 aromatic carbocycles. The predicted octanol–water partition coefficient (Wildman–Crippen LogP) is 1.11. The van der Waals surface area contributed by atoms with Crippen molar-refractivity contribution < 1.29 is 0 Å². The van der Waals surface area contributed by atoms with Gasteiger partial charge in [0, 0.05) is 12.1 Å². The van der Waals surface area contributed by atoms with Crippen LogP contribution in [0, 0.1) is 5.92 Å². The standard InChI is InChI=1S/C9H20N2/c1-8-5-3-4-6-9(8,7-10)11-2/h8,11H,3-7,10H2,1-2H3. The third kappa shape index (κ3) is 1.57. The Morgan fingerprint density at radius 2 is 2.27 bits per heavy atom. The third-order valence-corrected chi connectivity index (χ3v) is 3.32. The Balaban J connectivity index is 2.61. The summed E-state index contributed by atoms with van der Waals surface area (Å²) in [5.41, 5.74) is 6.02. The predicted molar refractivity (Wildman–Crippen MR) is 48.5 cm³/mol. The second-order valence-electron chi connectivity index (χ2n) is 3.76. The summed E-state index contributed by atoms with van der Waals surface area (Å²) in [7, 11) is 2.04. The first-order valence-corrected chi connectivity index (χ1v) is 4.64. The van der Waals surface area contributed by atoms with Gasteiger partial charge in [0.15, 0.2) is 0 Å². The summed E-state index contributed by atoms with van der Waals surface area (Å²) in [6.07, 6.45) is 5.30. The molecule has 2 heteroatoms. The fourth-order valence-corrected chi connectivity index (χ4v) is 2.19. The zero-order valence-corrected chi connectivity index (χ0v) is 7.69. The molecular formula is C9H20N2. The van der Waals surface area contributed by atoms with Crippen molar-refractivity contribution in [2.24, 2.45) is 11.7 Å². The van der Waals surface area contributed by atoms with Gasteiger partial charge in [0.2, 0.25) is 0 Å². The Labute approximate surface area is 69.5 Å². The highest BCUT2D eigenvalue weighted by molar-refractivity contribution is 4.95. The molecular weight excluding hydrogens is 136 g/mol. The van der Waals surface area contributed by atoms with Gasteiger partial charge in [-0.05, 0) is 25.8 Å². The number of hydrogen-bond acceptors (Lipinski definition) is 2. The van der Waals surface area contributed by atoms with Gasteiger partial charge in [0.25, 0.3) is 0 Å². The number of hydrogen-bond donors (Lipinski definition) is 2. The smallest absolute Gasteiger partial charge is 0.0327 e. The number of nitrogens with two attached hydrogens (primary N) is 1. The van der Waals surface area contributed by atoms with E-state index < -0.39 is 0 Å². The van der Waals surface area contributed by atoms with Crippen LogP contribution < -0.4 is 11.1 Å². The monoisotopic (exact) mass is 156 g/mol. The number of nitrogens with one attached hydrogen (secondary N) is 1. The molecule has 11 heavy (non-hydrogen) atoms. The highest BCUT2D eigenvalue weighted by Crippen LogP contribution is 2.32. The maximum absolute atomic E-state index is 5.78. The number of likely N-dealkylation sites (N-methyl/N-ethyl adjacent to an activating group) is 1. The summed E-state index contributed by atoms with van der Waals surface area (Å²) in [4.78, 5) is 0. The van der Waals surface area contributed by atoms with E-state index in [9.17, 15) is 0 Å². The van der Waals surface area contributed by atoms with Crippen molar-refractivity contribution in [2.75, 3.05) is 13.6 Å². The molecule has 0 spiro atoms. The van der Waals surface area contributed by atoms with Crippen LogP contribution in [-0.4, -0.2) is 19.1 Å². The molecule has 0 aliphatic heterocycles. The largest absolute Gasteiger partial charge is 0.329 e. The van der Waals surface area contributed by atoms with E-state index >= 15 is 0 Å². The highest BCUT2D eigenvalue weighted by Gasteiger charge is 2.34. The molecule has 0 radical (unpaired) electrons. The fraction of sp³-hybridized carbons (Fsp3) is 1.00. The first-order chi connectivity index (χ1) is 5.25. The molecule has 0 aromatic heterocycles. The minimum absolute atomic E-state index is 0.248. The van der Waals surface area contributed by atoms with Crippen LogP contribution in [0.2, 0.25) is 0 Å². The summed E-state index contributed by atoms with van der Waals surface area (Å²) in [5, 5.41) is 3.39. The van der Waals surface area contributed by atoms with Gasteiger partial charge in [-0.2, -0.15) is 0 Å². The van der Waals surface area contributed by atoms with Gasteiger partial charge in [-0.3, -0.25) is 0 Å². The third-order valence-electron chi connectivity index (χ3n) is 3.32. The summed E-state index contributed by atoms with van der Waals surface area (Å²) in [6.45, 7) is 3.09. The lowest BCUT2D eigenvalue weighted by molar-refractivity contribution is 0.173. The summed E-state index contributed by atoms with van der Waals surface area (Å²) in [5.74, 6) is 0.742. The highest BCUT2D eigenvalue weighted by atomic mass is 15.0. The molecule has 2 unspecified atom stereocenters. The zero-order valence-electron chi connectivity index (χ0n) is 7.69. The van der Waals surface area contributed by atoms with E-state index in [1.165, 1.54) is 25.7 Å². The number of rotatable bonds is 2. The molecule has 66 valence electrons. The maximum Gasteiger partial charge on any atom is 0.0327 e. The van der Waals surface area contributed by atoms with Crippen molar-refractivity contribution in [1.29, 1.82) is 0 Å². The fourth-order valence-electron chi connectivity index (χ4n) is 2.19. The minimum atomic E-state index is 0.248. The first-order valence-electron chi connectivity index (χ1n) is 4.64. The van der Waals surface area contributed by atoms with Crippen LogP contribution in [0.25, 0.3) is 0 Å². The van der Waals surface area contributed by atoms with E-state index in [2.05, 4.69) is 12.2 Å². The molecule has 1 saturated carbocycles. The van der Waals surface area contributed by atoms with Crippen molar-refractivity contribution in [1.82, 2.24) is 5.32 Å². The Bertz CT molecular complexity index is 119. The van der Waals surface area contributed by atoms with Crippen molar-refractivity contribution in [2.45, 2.75) is 38.1 Å². The van der Waals surface area contributed by atoms with Crippen LogP contribution in [0.4, 0.5) is 0 Å². The second kappa shape index (κ2) is 3.55. The van der Waals surface area contributed by atoms with Crippen molar-refractivity contribution in [3.8, 4) is 0 Å². The summed E-state index contributed by atoms with van der Waals surface area (Å²) < 4.78 is 0. The SMILES string of the molecule is CNC1(CN)CCCCC1C. The van der Waals surface area contributed by atoms with Crippen LogP contribution in [0.15, 0.2) is 0 Å². The zero-order chi connectivity index (χ0) is 8.32. The molecule has 2 atom stereocenters. The van der Waals surface area contributed by atoms with Crippen LogP contribution in [0.5, 0.6) is 0 Å². The summed E-state index contributed by atoms with van der Waals surface area (Å²) >= 11 is 0. The molecule has 0 saturated heterocycles. The van der Waals surface area contributed by atoms with Gasteiger partial charge in [-0.25, -0.2) is 0 Å². The van der Waals surface area contributed by atoms with Crippen molar-refractivity contribution >= 4 is 0 Å². The van der Waals surface area contributed by atoms with Crippen LogP contribution in [-0.2, 0) is 0 Å². The van der Waals surface area contributed by atoms with E-state index in [4.69, 9.17) is 5.73 Å². The average Bonchev–Trinajstić information content (AvgIpc) is 2.06. The second-order valence-corrected chi connectivity index (χ2v) is 3.76. The maximum atomic E-state index is 5.78. The van der Waals surface area contributed by atoms with E-state index in [1.54, 1.807) is 0 Å². The van der Waals surface area contributed by atoms with E-state index in [0.717, 1.165) is 12.5 Å². The molecule has 0 aromatic rings. The van der Waals surface area contributed by atoms with Gasteiger partial charge in [-0.1, -0.05) is 19.8 Å². The molecule has 0 bridgehead atoms. The Kier molecular flexibility index (Phi) is 2.90.